The number of carboxylic acid groups (broad SMARTS) is 2. The summed E-state index contributed by atoms with van der Waals surface area (Å²) >= 11 is 5.36. The molecule has 2 amide bonds. The number of hydrogen-bond donors (Lipinski definition) is 4. The molecule has 0 spiro atoms. The number of anilines is 2. The fourth-order valence-electron chi connectivity index (χ4n) is 1.70. The third-order valence-electron chi connectivity index (χ3n) is 2.92. The van der Waals surface area contributed by atoms with E-state index in [1.54, 1.807) is 45.2 Å². The maximum absolute atomic E-state index is 11.9. The number of carbonyl (C=O) groups is 4. The lowest BCUT2D eigenvalue weighted by Crippen LogP contribution is -2.28. The molecule has 0 saturated carbocycles. The Morgan fingerprint density at radius 3 is 1.87 bits per heavy atom. The zero-order valence-corrected chi connectivity index (χ0v) is 22.7. The molecule has 0 bridgehead atoms. The molecule has 0 aromatic heterocycles. The Bertz CT molecular complexity index is 977. The van der Waals surface area contributed by atoms with Crippen LogP contribution in [0.25, 0.3) is 0 Å². The zero-order chi connectivity index (χ0) is 24.0. The van der Waals surface area contributed by atoms with Crippen molar-refractivity contribution in [2.45, 2.75) is 13.8 Å². The Morgan fingerprint density at radius 1 is 1.03 bits per heavy atom. The van der Waals surface area contributed by atoms with Gasteiger partial charge in [-0.1, -0.05) is 0 Å². The van der Waals surface area contributed by atoms with Crippen LogP contribution in [0.15, 0.2) is 0 Å². The number of hydrogen-bond acceptors (Lipinski definition) is 7. The largest absolute Gasteiger partial charge is 0.481 e. The first kappa shape index (κ1) is 29.2. The molecule has 1 aromatic carbocycles. The molecule has 1 aromatic rings. The second-order valence-electron chi connectivity index (χ2n) is 5.18. The van der Waals surface area contributed by atoms with E-state index >= 15 is 0 Å². The smallest absolute Gasteiger partial charge is 0.397 e. The van der Waals surface area contributed by atoms with E-state index in [9.17, 15) is 27.9 Å². The first-order chi connectivity index (χ1) is 13.5. The maximum atomic E-state index is 11.9. The summed E-state index contributed by atoms with van der Waals surface area (Å²) in [4.78, 5) is 45.5. The molecule has 0 radical (unpaired) electrons. The molecule has 0 aliphatic heterocycles. The molecule has 0 saturated heterocycles. The Balaban J connectivity index is 0.00000192. The Morgan fingerprint density at radius 2 is 1.50 bits per heavy atom. The first-order valence-corrected chi connectivity index (χ1v) is 11.9. The highest BCUT2D eigenvalue weighted by atomic mass is 127. The van der Waals surface area contributed by atoms with Crippen LogP contribution in [0.2, 0.25) is 0 Å². The molecule has 1 rings (SSSR count). The summed E-state index contributed by atoms with van der Waals surface area (Å²) < 4.78 is 34.5. The molecular weight excluding hydrogens is 769 g/mol. The standard InChI is InChI=1S/C12H11I3N2O8S.C2H4O2/c1-4(18)17(2)11-8(14)6(12(20)21)7(13)10(9(11)15)16-5(19)3-25-26(22,23)24;1-2(3)4/h3H2,1-2H3,(H,16,19)(H,20,21)(H,22,23,24);1H3,(H,3,4). The van der Waals surface area contributed by atoms with Crippen molar-refractivity contribution in [3.05, 3.63) is 16.3 Å². The number of aromatic carboxylic acids is 1. The van der Waals surface area contributed by atoms with E-state index in [4.69, 9.17) is 14.5 Å². The van der Waals surface area contributed by atoms with Crippen molar-refractivity contribution >= 4 is 113 Å². The van der Waals surface area contributed by atoms with Gasteiger partial charge in [-0.15, -0.1) is 0 Å². The molecule has 30 heavy (non-hydrogen) atoms. The molecule has 0 heterocycles. The minimum absolute atomic E-state index is 0.0797. The van der Waals surface area contributed by atoms with Gasteiger partial charge in [0.2, 0.25) is 5.91 Å². The number of carbonyl (C=O) groups excluding carboxylic acids is 2. The number of halogens is 3. The second kappa shape index (κ2) is 12.3. The third-order valence-corrected chi connectivity index (χ3v) is 6.51. The van der Waals surface area contributed by atoms with E-state index in [2.05, 4.69) is 9.50 Å². The molecule has 0 fully saturated rings. The van der Waals surface area contributed by atoms with Crippen LogP contribution < -0.4 is 10.2 Å². The predicted molar refractivity (Wildman–Crippen MR) is 130 cm³/mol. The molecule has 4 N–H and O–H groups in total. The van der Waals surface area contributed by atoms with Gasteiger partial charge in [0.15, 0.2) is 0 Å². The van der Waals surface area contributed by atoms with Crippen molar-refractivity contribution in [2.24, 2.45) is 0 Å². The van der Waals surface area contributed by atoms with E-state index in [-0.39, 0.29) is 26.4 Å². The van der Waals surface area contributed by atoms with Crippen LogP contribution in [0.3, 0.4) is 0 Å². The number of aliphatic carboxylic acids is 1. The first-order valence-electron chi connectivity index (χ1n) is 7.30. The lowest BCUT2D eigenvalue weighted by atomic mass is 10.1. The van der Waals surface area contributed by atoms with Crippen LogP contribution in [0.4, 0.5) is 11.4 Å². The van der Waals surface area contributed by atoms with Crippen LogP contribution in [0.5, 0.6) is 0 Å². The fourth-order valence-corrected chi connectivity index (χ4v) is 6.58. The summed E-state index contributed by atoms with van der Waals surface area (Å²) in [7, 11) is -3.35. The highest BCUT2D eigenvalue weighted by Gasteiger charge is 2.28. The third kappa shape index (κ3) is 9.11. The van der Waals surface area contributed by atoms with Gasteiger partial charge in [0.25, 0.3) is 11.9 Å². The van der Waals surface area contributed by atoms with E-state index < -0.39 is 34.9 Å². The summed E-state index contributed by atoms with van der Waals surface area (Å²) in [5, 5.41) is 19.3. The van der Waals surface area contributed by atoms with Crippen LogP contribution in [0, 0.1) is 10.7 Å². The lowest BCUT2D eigenvalue weighted by Gasteiger charge is -2.23. The minimum atomic E-state index is -4.81. The van der Waals surface area contributed by atoms with Crippen LogP contribution >= 0.6 is 67.8 Å². The number of nitrogens with one attached hydrogen (secondary N) is 1. The Hall–Kier alpha value is -0.840. The topological polar surface area (TPSA) is 188 Å². The van der Waals surface area contributed by atoms with Gasteiger partial charge < -0.3 is 20.4 Å². The number of nitrogens with zero attached hydrogens (tertiary/aromatic N) is 1. The van der Waals surface area contributed by atoms with E-state index in [0.717, 1.165) is 6.92 Å². The summed E-state index contributed by atoms with van der Waals surface area (Å²) in [6, 6.07) is 0. The van der Waals surface area contributed by atoms with E-state index in [1.165, 1.54) is 18.9 Å². The van der Waals surface area contributed by atoms with Gasteiger partial charge in [-0.2, -0.15) is 8.42 Å². The maximum Gasteiger partial charge on any atom is 0.397 e. The van der Waals surface area contributed by atoms with E-state index in [0.29, 0.717) is 7.14 Å². The van der Waals surface area contributed by atoms with Gasteiger partial charge in [0.05, 0.1) is 27.6 Å². The number of carboxylic acids is 2. The summed E-state index contributed by atoms with van der Waals surface area (Å²) in [5.74, 6) is -3.39. The van der Waals surface area contributed by atoms with Crippen molar-refractivity contribution in [3.63, 3.8) is 0 Å². The molecule has 0 aliphatic carbocycles. The molecule has 0 unspecified atom stereocenters. The molecule has 12 nitrogen and oxygen atoms in total. The molecule has 0 atom stereocenters. The number of amides is 2. The minimum Gasteiger partial charge on any atom is -0.481 e. The Labute approximate surface area is 212 Å². The van der Waals surface area contributed by atoms with E-state index in [1.807, 2.05) is 22.6 Å². The average Bonchev–Trinajstić information content (AvgIpc) is 2.55. The zero-order valence-electron chi connectivity index (χ0n) is 15.4. The van der Waals surface area contributed by atoms with Crippen LogP contribution in [-0.2, 0) is 29.0 Å². The Kier molecular flexibility index (Phi) is 11.9. The van der Waals surface area contributed by atoms with Crippen molar-refractivity contribution in [2.75, 3.05) is 23.9 Å². The van der Waals surface area contributed by atoms with Crippen molar-refractivity contribution in [1.82, 2.24) is 0 Å². The molecular formula is C14H15I3N2O10S. The van der Waals surface area contributed by atoms with Crippen molar-refractivity contribution in [1.29, 1.82) is 0 Å². The van der Waals surface area contributed by atoms with Gasteiger partial charge in [-0.05, 0) is 67.8 Å². The molecule has 168 valence electrons. The molecule has 16 heteroatoms. The van der Waals surface area contributed by atoms with Crippen LogP contribution in [0.1, 0.15) is 24.2 Å². The monoisotopic (exact) mass is 784 g/mol. The van der Waals surface area contributed by atoms with Gasteiger partial charge in [-0.25, -0.2) is 8.98 Å². The van der Waals surface area contributed by atoms with Gasteiger partial charge in [-0.3, -0.25) is 18.9 Å². The average molecular weight is 784 g/mol. The quantitative estimate of drug-likeness (QED) is 0.246. The summed E-state index contributed by atoms with van der Waals surface area (Å²) in [5.41, 5.74) is 0.235. The molecule has 0 aliphatic rings. The second-order valence-corrected chi connectivity index (χ2v) is 9.51. The normalized spacial score (nSPS) is 10.5. The van der Waals surface area contributed by atoms with Crippen molar-refractivity contribution in [3.8, 4) is 0 Å². The highest BCUT2D eigenvalue weighted by molar-refractivity contribution is 14.1. The fraction of sp³-hybridized carbons (Fsp3) is 0.286. The van der Waals surface area contributed by atoms with Crippen molar-refractivity contribution < 1.29 is 46.5 Å². The van der Waals surface area contributed by atoms with Gasteiger partial charge >= 0.3 is 16.4 Å². The van der Waals surface area contributed by atoms with Gasteiger partial charge in [0.1, 0.15) is 6.61 Å². The predicted octanol–water partition coefficient (Wildman–Crippen LogP) is 2.03. The number of benzene rings is 1. The number of rotatable bonds is 6. The summed E-state index contributed by atoms with van der Waals surface area (Å²) in [6.07, 6.45) is 0. The highest BCUT2D eigenvalue weighted by Crippen LogP contribution is 2.40. The lowest BCUT2D eigenvalue weighted by molar-refractivity contribution is -0.134. The van der Waals surface area contributed by atoms with Gasteiger partial charge in [0, 0.05) is 20.9 Å². The summed E-state index contributed by atoms with van der Waals surface area (Å²) in [6.45, 7) is 1.38. The van der Waals surface area contributed by atoms with Crippen LogP contribution in [-0.4, -0.2) is 60.6 Å². The SMILES string of the molecule is CC(=O)N(C)c1c(I)c(NC(=O)COS(=O)(=O)O)c(I)c(C(=O)O)c1I.CC(=O)O.